The molecule has 0 aromatic heterocycles. The molecule has 47 heavy (non-hydrogen) atoms. The molecule has 0 radical (unpaired) electrons. The Morgan fingerprint density at radius 2 is 1.11 bits per heavy atom. The number of carbonyl (C=O) groups is 3. The maximum absolute atomic E-state index is 10.1. The van der Waals surface area contributed by atoms with E-state index in [0.29, 0.717) is 6.42 Å². The van der Waals surface area contributed by atoms with Crippen molar-refractivity contribution < 1.29 is 59.6 Å². The normalized spacial score (nSPS) is 11.7. The molecular formula is C33H43CaClO12. The van der Waals surface area contributed by atoms with Crippen LogP contribution in [0.25, 0.3) is 0 Å². The molecule has 256 valence electrons. The predicted molar refractivity (Wildman–Crippen MR) is 176 cm³/mol. The Morgan fingerprint density at radius 3 is 1.30 bits per heavy atom. The Bertz CT molecular complexity index is 1180. The number of ether oxygens (including phenoxy) is 2. The van der Waals surface area contributed by atoms with Crippen LogP contribution in [-0.2, 0) is 19.3 Å². The number of ketones is 1. The molecular weight excluding hydrogens is 664 g/mol. The van der Waals surface area contributed by atoms with E-state index in [2.05, 4.69) is 0 Å². The van der Waals surface area contributed by atoms with Gasteiger partial charge in [-0.3, -0.25) is 4.79 Å². The van der Waals surface area contributed by atoms with E-state index in [-0.39, 0.29) is 50.9 Å². The van der Waals surface area contributed by atoms with Crippen molar-refractivity contribution in [3.63, 3.8) is 0 Å². The van der Waals surface area contributed by atoms with Gasteiger partial charge < -0.3 is 57.4 Å². The number of aliphatic hydroxyl groups is 5. The van der Waals surface area contributed by atoms with Crippen molar-refractivity contribution in [2.24, 2.45) is 0 Å². The molecule has 3 unspecified atom stereocenters. The standard InChI is InChI=1S/C21H19ClO2.C5H10O2.2C3H6O4.CH3.Ca/c1-23-19-12-8-17(9-13-19)21(22,16-6-4-3-5-7-16)18-10-14-20(24-2)15-11-18;1-3-5(7)4(2)6;2*4-1-2(5)3(6)7;;/h3-15H,1-2H3;5,7H,3H2,1-2H3;2*2,4-5H,1H2,(H,6,7);1H3;/q;;;;-1;+2/p-1. The monoisotopic (exact) mass is 706 g/mol. The zero-order valence-electron chi connectivity index (χ0n) is 27.1. The van der Waals surface area contributed by atoms with Crippen molar-refractivity contribution in [3.8, 4) is 11.5 Å². The zero-order valence-corrected chi connectivity index (χ0v) is 30.0. The summed E-state index contributed by atoms with van der Waals surface area (Å²) >= 11 is 7.22. The number of hydrogen-bond acceptors (Lipinski definition) is 11. The van der Waals surface area contributed by atoms with Crippen LogP contribution in [0.4, 0.5) is 0 Å². The van der Waals surface area contributed by atoms with Crippen LogP contribution >= 0.6 is 11.6 Å². The van der Waals surface area contributed by atoms with E-state index in [1.807, 2.05) is 78.9 Å². The SMILES string of the molecule is CCC(O)C(C)=O.COc1ccc(C(Cl)(c2ccccc2)c2ccc(OC)cc2)cc1.O=C(O)C(O)CO.O=C([O-])C(O)CO.[CH3-].[Ca+2]. The predicted octanol–water partition coefficient (Wildman–Crippen LogP) is 1.16. The first-order valence-electron chi connectivity index (χ1n) is 13.5. The number of carboxylic acid groups (broad SMARTS) is 2. The number of alkyl halides is 1. The molecule has 12 nitrogen and oxygen atoms in total. The molecule has 3 rings (SSSR count). The van der Waals surface area contributed by atoms with Gasteiger partial charge in [-0.05, 0) is 54.3 Å². The quantitative estimate of drug-likeness (QED) is 0.0718. The largest absolute Gasteiger partial charge is 2.00 e. The summed E-state index contributed by atoms with van der Waals surface area (Å²) in [7, 11) is 3.31. The van der Waals surface area contributed by atoms with Crippen molar-refractivity contribution >= 4 is 67.1 Å². The molecule has 0 aliphatic rings. The summed E-state index contributed by atoms with van der Waals surface area (Å²) in [5.41, 5.74) is 2.99. The fourth-order valence-electron chi connectivity index (χ4n) is 3.25. The van der Waals surface area contributed by atoms with Gasteiger partial charge in [-0.15, -0.1) is 11.6 Å². The number of carbonyl (C=O) groups excluding carboxylic acids is 2. The van der Waals surface area contributed by atoms with Gasteiger partial charge in [-0.1, -0.05) is 61.5 Å². The Labute approximate surface area is 310 Å². The first kappa shape index (κ1) is 48.6. The van der Waals surface area contributed by atoms with Crippen LogP contribution in [-0.4, -0.2) is 132 Å². The molecule has 0 saturated carbocycles. The van der Waals surface area contributed by atoms with Crippen molar-refractivity contribution in [2.45, 2.75) is 43.5 Å². The van der Waals surface area contributed by atoms with E-state index in [0.717, 1.165) is 28.2 Å². The Morgan fingerprint density at radius 1 is 0.745 bits per heavy atom. The van der Waals surface area contributed by atoms with Crippen LogP contribution in [0.5, 0.6) is 11.5 Å². The van der Waals surface area contributed by atoms with E-state index >= 15 is 0 Å². The molecule has 14 heteroatoms. The fourth-order valence-corrected chi connectivity index (χ4v) is 3.63. The minimum atomic E-state index is -1.74. The van der Waals surface area contributed by atoms with Crippen LogP contribution in [0, 0.1) is 7.43 Å². The number of aliphatic carboxylic acids is 2. The van der Waals surface area contributed by atoms with Gasteiger partial charge in [0.2, 0.25) is 0 Å². The van der Waals surface area contributed by atoms with Crippen LogP contribution in [0.3, 0.4) is 0 Å². The number of carboxylic acids is 2. The maximum atomic E-state index is 10.1. The third kappa shape index (κ3) is 17.3. The Kier molecular flexibility index (Phi) is 27.1. The number of halogens is 1. The molecule has 0 amide bonds. The van der Waals surface area contributed by atoms with Crippen LogP contribution in [0.2, 0.25) is 0 Å². The molecule has 0 heterocycles. The molecule has 0 bridgehead atoms. The van der Waals surface area contributed by atoms with E-state index in [9.17, 15) is 19.5 Å². The van der Waals surface area contributed by atoms with E-state index in [4.69, 9.17) is 51.7 Å². The van der Waals surface area contributed by atoms with Gasteiger partial charge in [0, 0.05) is 0 Å². The van der Waals surface area contributed by atoms with Crippen LogP contribution in [0.15, 0.2) is 78.9 Å². The van der Waals surface area contributed by atoms with Crippen LogP contribution in [0.1, 0.15) is 37.0 Å². The summed E-state index contributed by atoms with van der Waals surface area (Å²) in [6.45, 7) is 1.64. The van der Waals surface area contributed by atoms with Gasteiger partial charge in [-0.2, -0.15) is 0 Å². The van der Waals surface area contributed by atoms with Gasteiger partial charge in [-0.25, -0.2) is 4.79 Å². The molecule has 0 aliphatic carbocycles. The minimum absolute atomic E-state index is 0. The number of benzene rings is 3. The third-order valence-electron chi connectivity index (χ3n) is 5.91. The van der Waals surface area contributed by atoms with E-state index in [1.54, 1.807) is 21.1 Å². The first-order valence-corrected chi connectivity index (χ1v) is 13.8. The zero-order chi connectivity index (χ0) is 34.6. The minimum Gasteiger partial charge on any atom is -0.547 e. The van der Waals surface area contributed by atoms with Crippen molar-refractivity contribution in [1.82, 2.24) is 0 Å². The summed E-state index contributed by atoms with van der Waals surface area (Å²) in [5.74, 6) is -1.59. The Hall–Kier alpha value is -2.78. The van der Waals surface area contributed by atoms with Crippen molar-refractivity contribution in [3.05, 3.63) is 103 Å². The fraction of sp³-hybridized carbons (Fsp3) is 0.333. The number of Topliss-reactive ketones (excluding diaryl/α,β-unsaturated/α-hetero) is 1. The van der Waals surface area contributed by atoms with Gasteiger partial charge in [0.25, 0.3) is 0 Å². The summed E-state index contributed by atoms with van der Waals surface area (Å²) in [4.78, 5) is 28.3. The molecule has 0 saturated heterocycles. The topological polar surface area (TPSA) is 214 Å². The molecule has 0 fully saturated rings. The van der Waals surface area contributed by atoms with Gasteiger partial charge in [0.1, 0.15) is 28.6 Å². The molecule has 0 aliphatic heterocycles. The van der Waals surface area contributed by atoms with E-state index in [1.165, 1.54) is 6.92 Å². The average Bonchev–Trinajstić information content (AvgIpc) is 3.07. The molecule has 6 N–H and O–H groups in total. The summed E-state index contributed by atoms with van der Waals surface area (Å²) < 4.78 is 10.5. The van der Waals surface area contributed by atoms with Crippen molar-refractivity contribution in [1.29, 1.82) is 0 Å². The molecule has 3 atom stereocenters. The molecule has 3 aromatic rings. The average molecular weight is 707 g/mol. The number of aliphatic hydroxyl groups excluding tert-OH is 5. The number of rotatable bonds is 11. The first-order chi connectivity index (χ1) is 21.2. The summed E-state index contributed by atoms with van der Waals surface area (Å²) in [6.07, 6.45) is -3.57. The smallest absolute Gasteiger partial charge is 0.547 e. The molecule has 3 aromatic carbocycles. The van der Waals surface area contributed by atoms with Crippen LogP contribution < -0.4 is 14.6 Å². The second-order valence-corrected chi connectivity index (χ2v) is 9.64. The van der Waals surface area contributed by atoms with Gasteiger partial charge >= 0.3 is 43.7 Å². The van der Waals surface area contributed by atoms with E-state index < -0.39 is 48.3 Å². The Balaban J connectivity index is -0.000000695. The second-order valence-electron chi connectivity index (χ2n) is 9.07. The third-order valence-corrected chi connectivity index (χ3v) is 6.56. The number of methoxy groups -OCH3 is 2. The van der Waals surface area contributed by atoms with Crippen molar-refractivity contribution in [2.75, 3.05) is 27.4 Å². The maximum Gasteiger partial charge on any atom is 2.00 e. The summed E-state index contributed by atoms with van der Waals surface area (Å²) in [6, 6.07) is 25.8. The second kappa shape index (κ2) is 26.2. The summed E-state index contributed by atoms with van der Waals surface area (Å²) in [5, 5.41) is 57.6. The van der Waals surface area contributed by atoms with Gasteiger partial charge in [0.15, 0.2) is 11.9 Å². The molecule has 0 spiro atoms. The van der Waals surface area contributed by atoms with Gasteiger partial charge in [0.05, 0.1) is 33.4 Å². The number of hydrogen-bond donors (Lipinski definition) is 6.